The Balaban J connectivity index is 2.09. The minimum atomic E-state index is 0.335. The zero-order chi connectivity index (χ0) is 11.8. The molecule has 1 unspecified atom stereocenters. The molecule has 17 heavy (non-hydrogen) atoms. The summed E-state index contributed by atoms with van der Waals surface area (Å²) in [4.78, 5) is 4.07. The van der Waals surface area contributed by atoms with Gasteiger partial charge in [-0.3, -0.25) is 4.98 Å². The quantitative estimate of drug-likeness (QED) is 0.814. The predicted molar refractivity (Wildman–Crippen MR) is 67.2 cm³/mol. The lowest BCUT2D eigenvalue weighted by atomic mass is 10.0. The third-order valence-corrected chi connectivity index (χ3v) is 3.48. The number of rotatable bonds is 1. The van der Waals surface area contributed by atoms with E-state index in [0.717, 1.165) is 24.5 Å². The largest absolute Gasteiger partial charge is 0.370 e. The van der Waals surface area contributed by atoms with Gasteiger partial charge in [-0.15, -0.1) is 0 Å². The van der Waals surface area contributed by atoms with E-state index in [1.165, 1.54) is 11.1 Å². The van der Waals surface area contributed by atoms with E-state index in [1.807, 2.05) is 12.4 Å². The predicted octanol–water partition coefficient (Wildman–Crippen LogP) is 2.30. The summed E-state index contributed by atoms with van der Waals surface area (Å²) in [6, 6.07) is 4.49. The van der Waals surface area contributed by atoms with E-state index in [2.05, 4.69) is 46.1 Å². The fourth-order valence-electron chi connectivity index (χ4n) is 2.41. The van der Waals surface area contributed by atoms with Crippen LogP contribution in [0, 0.1) is 13.8 Å². The van der Waals surface area contributed by atoms with E-state index < -0.39 is 0 Å². The van der Waals surface area contributed by atoms with Crippen LogP contribution >= 0.6 is 0 Å². The monoisotopic (exact) mass is 228 g/mol. The Morgan fingerprint density at radius 3 is 2.82 bits per heavy atom. The number of nitrogens with zero attached hydrogens (tertiary/aromatic N) is 3. The fraction of sp³-hybridized carbons (Fsp3) is 0.385. The minimum Gasteiger partial charge on any atom is -0.370 e. The molecule has 0 aromatic carbocycles. The van der Waals surface area contributed by atoms with E-state index in [-0.39, 0.29) is 0 Å². The minimum absolute atomic E-state index is 0.335. The van der Waals surface area contributed by atoms with Gasteiger partial charge in [0.1, 0.15) is 5.82 Å². The smallest absolute Gasteiger partial charge is 0.128 e. The lowest BCUT2D eigenvalue weighted by molar-refractivity contribution is 0.479. The van der Waals surface area contributed by atoms with E-state index in [0.29, 0.717) is 6.04 Å². The maximum atomic E-state index is 4.64. The summed E-state index contributed by atoms with van der Waals surface area (Å²) >= 11 is 0. The van der Waals surface area contributed by atoms with Crippen molar-refractivity contribution in [3.63, 3.8) is 0 Å². The lowest BCUT2D eigenvalue weighted by Crippen LogP contribution is -2.24. The average molecular weight is 228 g/mol. The van der Waals surface area contributed by atoms with Crippen LogP contribution in [0.2, 0.25) is 0 Å². The van der Waals surface area contributed by atoms with Gasteiger partial charge in [0.15, 0.2) is 0 Å². The van der Waals surface area contributed by atoms with Gasteiger partial charge in [0.2, 0.25) is 0 Å². The third-order valence-electron chi connectivity index (χ3n) is 3.48. The zero-order valence-corrected chi connectivity index (χ0v) is 10.1. The molecule has 1 aliphatic rings. The van der Waals surface area contributed by atoms with Crippen LogP contribution < -0.4 is 5.32 Å². The molecule has 0 bridgehead atoms. The lowest BCUT2D eigenvalue weighted by Gasteiger charge is -2.26. The van der Waals surface area contributed by atoms with Gasteiger partial charge in [-0.25, -0.2) is 4.68 Å². The molecule has 0 saturated heterocycles. The van der Waals surface area contributed by atoms with Crippen molar-refractivity contribution in [2.24, 2.45) is 0 Å². The van der Waals surface area contributed by atoms with Crippen molar-refractivity contribution in [1.82, 2.24) is 14.8 Å². The van der Waals surface area contributed by atoms with E-state index in [1.54, 1.807) is 0 Å². The number of aromatic nitrogens is 3. The number of anilines is 1. The Kier molecular flexibility index (Phi) is 2.35. The molecule has 2 aromatic heterocycles. The maximum absolute atomic E-state index is 4.64. The number of aryl methyl sites for hydroxylation is 1. The second kappa shape index (κ2) is 3.87. The van der Waals surface area contributed by atoms with Gasteiger partial charge in [0.25, 0.3) is 0 Å². The van der Waals surface area contributed by atoms with Crippen molar-refractivity contribution in [3.05, 3.63) is 41.3 Å². The third kappa shape index (κ3) is 1.60. The van der Waals surface area contributed by atoms with Crippen LogP contribution in [0.25, 0.3) is 0 Å². The molecule has 1 atom stereocenters. The first-order valence-electron chi connectivity index (χ1n) is 5.97. The van der Waals surface area contributed by atoms with Crippen LogP contribution in [-0.4, -0.2) is 21.3 Å². The average Bonchev–Trinajstić information content (AvgIpc) is 2.67. The SMILES string of the molecule is Cc1nn2c(c1C)NCCC2c1ccncc1. The molecule has 0 saturated carbocycles. The first-order chi connectivity index (χ1) is 8.27. The number of nitrogens with one attached hydrogen (secondary N) is 1. The number of pyridine rings is 1. The molecular formula is C13H16N4. The Morgan fingerprint density at radius 1 is 1.29 bits per heavy atom. The van der Waals surface area contributed by atoms with Gasteiger partial charge in [-0.2, -0.15) is 5.10 Å². The second-order valence-electron chi connectivity index (χ2n) is 4.52. The summed E-state index contributed by atoms with van der Waals surface area (Å²) in [5.41, 5.74) is 3.64. The van der Waals surface area contributed by atoms with Crippen LogP contribution in [0.1, 0.15) is 29.3 Å². The maximum Gasteiger partial charge on any atom is 0.128 e. The van der Waals surface area contributed by atoms with E-state index in [4.69, 9.17) is 0 Å². The van der Waals surface area contributed by atoms with E-state index in [9.17, 15) is 0 Å². The summed E-state index contributed by atoms with van der Waals surface area (Å²) < 4.78 is 2.11. The molecule has 0 amide bonds. The van der Waals surface area contributed by atoms with Crippen molar-refractivity contribution < 1.29 is 0 Å². The van der Waals surface area contributed by atoms with Gasteiger partial charge < -0.3 is 5.32 Å². The number of fused-ring (bicyclic) bond motifs is 1. The Bertz CT molecular complexity index is 530. The van der Waals surface area contributed by atoms with Crippen LogP contribution in [0.15, 0.2) is 24.5 Å². The van der Waals surface area contributed by atoms with Gasteiger partial charge in [0.05, 0.1) is 11.7 Å². The Hall–Kier alpha value is -1.84. The molecule has 4 heteroatoms. The molecule has 4 nitrogen and oxygen atoms in total. The molecule has 2 aromatic rings. The standard InChI is InChI=1S/C13H16N4/c1-9-10(2)16-17-12(5-8-15-13(9)17)11-3-6-14-7-4-11/h3-4,6-7,12,15H,5,8H2,1-2H3. The van der Waals surface area contributed by atoms with Crippen molar-refractivity contribution in [1.29, 1.82) is 0 Å². The second-order valence-corrected chi connectivity index (χ2v) is 4.52. The summed E-state index contributed by atoms with van der Waals surface area (Å²) in [6.07, 6.45) is 4.76. The normalized spacial score (nSPS) is 18.6. The zero-order valence-electron chi connectivity index (χ0n) is 10.1. The van der Waals surface area contributed by atoms with Crippen molar-refractivity contribution in [2.45, 2.75) is 26.3 Å². The van der Waals surface area contributed by atoms with Crippen molar-refractivity contribution >= 4 is 5.82 Å². The molecule has 3 rings (SSSR count). The number of hydrogen-bond acceptors (Lipinski definition) is 3. The van der Waals surface area contributed by atoms with Gasteiger partial charge in [-0.1, -0.05) is 0 Å². The van der Waals surface area contributed by atoms with Crippen molar-refractivity contribution in [3.8, 4) is 0 Å². The molecular weight excluding hydrogens is 212 g/mol. The highest BCUT2D eigenvalue weighted by molar-refractivity contribution is 5.49. The molecule has 0 spiro atoms. The van der Waals surface area contributed by atoms with Crippen LogP contribution in [0.3, 0.4) is 0 Å². The number of hydrogen-bond donors (Lipinski definition) is 1. The van der Waals surface area contributed by atoms with E-state index >= 15 is 0 Å². The topological polar surface area (TPSA) is 42.7 Å². The van der Waals surface area contributed by atoms with Gasteiger partial charge in [0, 0.05) is 24.5 Å². The molecule has 0 radical (unpaired) electrons. The Labute approximate surface area is 101 Å². The highest BCUT2D eigenvalue weighted by Gasteiger charge is 2.24. The molecule has 1 aliphatic heterocycles. The van der Waals surface area contributed by atoms with Gasteiger partial charge >= 0.3 is 0 Å². The summed E-state index contributed by atoms with van der Waals surface area (Å²) in [6.45, 7) is 5.18. The summed E-state index contributed by atoms with van der Waals surface area (Å²) in [7, 11) is 0. The fourth-order valence-corrected chi connectivity index (χ4v) is 2.41. The Morgan fingerprint density at radius 2 is 2.06 bits per heavy atom. The van der Waals surface area contributed by atoms with Gasteiger partial charge in [-0.05, 0) is 38.0 Å². The molecule has 88 valence electrons. The van der Waals surface area contributed by atoms with Crippen LogP contribution in [0.5, 0.6) is 0 Å². The van der Waals surface area contributed by atoms with Crippen molar-refractivity contribution in [2.75, 3.05) is 11.9 Å². The summed E-state index contributed by atoms with van der Waals surface area (Å²) in [5, 5.41) is 8.08. The first kappa shape index (κ1) is 10.3. The molecule has 0 fully saturated rings. The first-order valence-corrected chi connectivity index (χ1v) is 5.97. The highest BCUT2D eigenvalue weighted by Crippen LogP contribution is 2.31. The van der Waals surface area contributed by atoms with Crippen LogP contribution in [-0.2, 0) is 0 Å². The summed E-state index contributed by atoms with van der Waals surface area (Å²) in [5.74, 6) is 1.16. The molecule has 0 aliphatic carbocycles. The molecule has 3 heterocycles. The highest BCUT2D eigenvalue weighted by atomic mass is 15.4. The molecule has 1 N–H and O–H groups in total. The van der Waals surface area contributed by atoms with Crippen LogP contribution in [0.4, 0.5) is 5.82 Å².